The minimum atomic E-state index is -0.609. The predicted molar refractivity (Wildman–Crippen MR) is 139 cm³/mol. The minimum Gasteiger partial charge on any atom is -0.343 e. The van der Waals surface area contributed by atoms with Gasteiger partial charge < -0.3 is 15.1 Å². The third-order valence-electron chi connectivity index (χ3n) is 6.88. The van der Waals surface area contributed by atoms with Gasteiger partial charge in [-0.25, -0.2) is 0 Å². The zero-order valence-corrected chi connectivity index (χ0v) is 23.4. The second kappa shape index (κ2) is 13.9. The Kier molecular flexibility index (Phi) is 12.3. The van der Waals surface area contributed by atoms with Crippen LogP contribution in [0.4, 0.5) is 0 Å². The Morgan fingerprint density at radius 1 is 1.03 bits per heavy atom. The van der Waals surface area contributed by atoms with Gasteiger partial charge in [0.1, 0.15) is 6.04 Å². The van der Waals surface area contributed by atoms with Gasteiger partial charge in [0.25, 0.3) is 0 Å². The van der Waals surface area contributed by atoms with Crippen LogP contribution in [0.25, 0.3) is 0 Å². The lowest BCUT2D eigenvalue weighted by Gasteiger charge is -2.39. The summed E-state index contributed by atoms with van der Waals surface area (Å²) in [5, 5.41) is 3.09. The first-order valence-corrected chi connectivity index (χ1v) is 13.1. The van der Waals surface area contributed by atoms with Crippen molar-refractivity contribution in [3.63, 3.8) is 0 Å². The van der Waals surface area contributed by atoms with E-state index in [4.69, 9.17) is 0 Å². The fourth-order valence-electron chi connectivity index (χ4n) is 4.80. The molecule has 0 bridgehead atoms. The third-order valence-corrected chi connectivity index (χ3v) is 6.88. The molecule has 0 aromatic carbocycles. The Balaban J connectivity index is 3.08. The highest BCUT2D eigenvalue weighted by atomic mass is 16.2. The van der Waals surface area contributed by atoms with Crippen LogP contribution < -0.4 is 5.32 Å². The summed E-state index contributed by atoms with van der Waals surface area (Å²) in [6.45, 7) is 17.7. The molecular weight excluding hydrogens is 428 g/mol. The van der Waals surface area contributed by atoms with Crippen molar-refractivity contribution >= 4 is 17.7 Å². The lowest BCUT2D eigenvalue weighted by Crippen LogP contribution is -2.58. The SMILES string of the molecule is CCCN(C)C(=O)/C(C)=C/[C@H](C(C)C)N(C)C(=O)C(NC(=O)C1CCCCN1C(C)C)C(C)C. The number of likely N-dealkylation sites (tertiary alicyclic amines) is 1. The van der Waals surface area contributed by atoms with Crippen LogP contribution in [0.2, 0.25) is 0 Å². The van der Waals surface area contributed by atoms with Gasteiger partial charge in [0.15, 0.2) is 0 Å². The molecule has 0 aliphatic carbocycles. The summed E-state index contributed by atoms with van der Waals surface area (Å²) in [6.07, 6.45) is 5.75. The number of nitrogens with one attached hydrogen (secondary N) is 1. The van der Waals surface area contributed by atoms with Crippen LogP contribution in [-0.2, 0) is 14.4 Å². The van der Waals surface area contributed by atoms with Crippen LogP contribution in [0, 0.1) is 11.8 Å². The van der Waals surface area contributed by atoms with Gasteiger partial charge in [0, 0.05) is 32.3 Å². The van der Waals surface area contributed by atoms with Crippen LogP contribution in [0.15, 0.2) is 11.6 Å². The maximum absolute atomic E-state index is 13.6. The maximum atomic E-state index is 13.6. The van der Waals surface area contributed by atoms with E-state index in [1.54, 1.807) is 23.9 Å². The quantitative estimate of drug-likeness (QED) is 0.460. The van der Waals surface area contributed by atoms with Crippen LogP contribution in [0.1, 0.15) is 81.1 Å². The molecule has 0 radical (unpaired) electrons. The molecule has 1 rings (SSSR count). The van der Waals surface area contributed by atoms with E-state index in [1.165, 1.54) is 0 Å². The van der Waals surface area contributed by atoms with E-state index in [9.17, 15) is 14.4 Å². The average Bonchev–Trinajstić information content (AvgIpc) is 2.78. The van der Waals surface area contributed by atoms with Crippen molar-refractivity contribution in [2.75, 3.05) is 27.2 Å². The second-order valence-electron chi connectivity index (χ2n) is 10.8. The molecule has 1 heterocycles. The maximum Gasteiger partial charge on any atom is 0.248 e. The highest BCUT2D eigenvalue weighted by Gasteiger charge is 2.36. The van der Waals surface area contributed by atoms with Gasteiger partial charge in [-0.3, -0.25) is 19.3 Å². The van der Waals surface area contributed by atoms with Gasteiger partial charge in [-0.2, -0.15) is 0 Å². The topological polar surface area (TPSA) is 73.0 Å². The molecule has 3 atom stereocenters. The number of hydrogen-bond donors (Lipinski definition) is 1. The summed E-state index contributed by atoms with van der Waals surface area (Å²) in [5.41, 5.74) is 0.634. The van der Waals surface area contributed by atoms with Gasteiger partial charge in [-0.1, -0.05) is 47.1 Å². The largest absolute Gasteiger partial charge is 0.343 e. The standard InChI is InChI=1S/C27H50N4O3/c1-11-15-29(9)26(33)21(8)17-23(18(2)3)30(10)27(34)24(19(4)5)28-25(32)22-14-12-13-16-31(22)20(6)7/h17-20,22-24H,11-16H2,1-10H3,(H,28,32)/b21-17+/t22?,23-,24?/m1/s1. The Bertz CT molecular complexity index is 717. The van der Waals surface area contributed by atoms with Crippen LogP contribution in [-0.4, -0.2) is 83.8 Å². The molecule has 34 heavy (non-hydrogen) atoms. The molecule has 1 N–H and O–H groups in total. The molecule has 7 heteroatoms. The number of nitrogens with zero attached hydrogens (tertiary/aromatic N) is 3. The van der Waals surface area contributed by atoms with Crippen molar-refractivity contribution in [1.29, 1.82) is 0 Å². The number of hydrogen-bond acceptors (Lipinski definition) is 4. The van der Waals surface area contributed by atoms with Gasteiger partial charge in [-0.05, 0) is 58.4 Å². The lowest BCUT2D eigenvalue weighted by molar-refractivity contribution is -0.140. The molecular formula is C27H50N4O3. The van der Waals surface area contributed by atoms with E-state index in [1.807, 2.05) is 47.6 Å². The average molecular weight is 479 g/mol. The number of amides is 3. The fourth-order valence-corrected chi connectivity index (χ4v) is 4.80. The molecule has 1 aliphatic rings. The Hall–Kier alpha value is -1.89. The summed E-state index contributed by atoms with van der Waals surface area (Å²) >= 11 is 0. The van der Waals surface area contributed by atoms with E-state index in [0.29, 0.717) is 12.1 Å². The summed E-state index contributed by atoms with van der Waals surface area (Å²) < 4.78 is 0. The van der Waals surface area contributed by atoms with Gasteiger partial charge in [-0.15, -0.1) is 0 Å². The molecule has 0 aromatic heterocycles. The first-order valence-electron chi connectivity index (χ1n) is 13.1. The summed E-state index contributed by atoms with van der Waals surface area (Å²) in [5.74, 6) is -0.129. The molecule has 0 spiro atoms. The van der Waals surface area contributed by atoms with Crippen molar-refractivity contribution in [2.24, 2.45) is 11.8 Å². The highest BCUT2D eigenvalue weighted by Crippen LogP contribution is 2.21. The zero-order valence-electron chi connectivity index (χ0n) is 23.4. The number of likely N-dealkylation sites (N-methyl/N-ethyl adjacent to an activating group) is 2. The van der Waals surface area contributed by atoms with E-state index >= 15 is 0 Å². The van der Waals surface area contributed by atoms with Crippen LogP contribution in [0.3, 0.4) is 0 Å². The molecule has 2 unspecified atom stereocenters. The third kappa shape index (κ3) is 8.10. The summed E-state index contributed by atoms with van der Waals surface area (Å²) in [7, 11) is 3.58. The summed E-state index contributed by atoms with van der Waals surface area (Å²) in [4.78, 5) is 45.3. The van der Waals surface area contributed by atoms with Crippen molar-refractivity contribution in [3.05, 3.63) is 11.6 Å². The van der Waals surface area contributed by atoms with Crippen molar-refractivity contribution in [3.8, 4) is 0 Å². The number of carbonyl (C=O) groups is 3. The van der Waals surface area contributed by atoms with Crippen molar-refractivity contribution < 1.29 is 14.4 Å². The Morgan fingerprint density at radius 3 is 2.15 bits per heavy atom. The van der Waals surface area contributed by atoms with Crippen LogP contribution >= 0.6 is 0 Å². The first-order chi connectivity index (χ1) is 15.8. The van der Waals surface area contributed by atoms with E-state index in [0.717, 1.165) is 32.2 Å². The molecule has 7 nitrogen and oxygen atoms in total. The van der Waals surface area contributed by atoms with Crippen molar-refractivity contribution in [1.82, 2.24) is 20.0 Å². The van der Waals surface area contributed by atoms with Crippen LogP contribution in [0.5, 0.6) is 0 Å². The number of piperidine rings is 1. The molecule has 1 saturated heterocycles. The highest BCUT2D eigenvalue weighted by molar-refractivity contribution is 5.93. The molecule has 0 saturated carbocycles. The second-order valence-corrected chi connectivity index (χ2v) is 10.8. The van der Waals surface area contributed by atoms with Gasteiger partial charge >= 0.3 is 0 Å². The molecule has 3 amide bonds. The Labute approximate surface area is 208 Å². The number of carbonyl (C=O) groups excluding carboxylic acids is 3. The zero-order chi connectivity index (χ0) is 26.2. The molecule has 196 valence electrons. The molecule has 1 aliphatic heterocycles. The van der Waals surface area contributed by atoms with Gasteiger partial charge in [0.2, 0.25) is 17.7 Å². The van der Waals surface area contributed by atoms with Crippen molar-refractivity contribution in [2.45, 2.75) is 105 Å². The monoisotopic (exact) mass is 478 g/mol. The fraction of sp³-hybridized carbons (Fsp3) is 0.815. The smallest absolute Gasteiger partial charge is 0.248 e. The lowest BCUT2D eigenvalue weighted by atomic mass is 9.95. The summed E-state index contributed by atoms with van der Waals surface area (Å²) in [6, 6.07) is -0.759. The first kappa shape index (κ1) is 30.1. The molecule has 1 fully saturated rings. The normalized spacial score (nSPS) is 19.3. The van der Waals surface area contributed by atoms with Gasteiger partial charge in [0.05, 0.1) is 12.1 Å². The number of rotatable bonds is 11. The van der Waals surface area contributed by atoms with E-state index < -0.39 is 6.04 Å². The minimum absolute atomic E-state index is 0.0202. The molecule has 0 aromatic rings. The van der Waals surface area contributed by atoms with E-state index in [2.05, 4.69) is 24.1 Å². The predicted octanol–water partition coefficient (Wildman–Crippen LogP) is 3.69. The van der Waals surface area contributed by atoms with E-state index in [-0.39, 0.29) is 47.7 Å². The Morgan fingerprint density at radius 2 is 1.65 bits per heavy atom.